The number of likely N-dealkylation sites (tertiary alicyclic amines) is 2. The highest BCUT2D eigenvalue weighted by molar-refractivity contribution is 7.09. The third kappa shape index (κ3) is 3.38. The van der Waals surface area contributed by atoms with Gasteiger partial charge in [0.05, 0.1) is 7.11 Å². The molecule has 3 heterocycles. The SMILES string of the molecule is COc1cccc([C@H]2CN(C(C)=O)[C@@H]3CCN(Cc4cccs4)C[C@H]23)c1. The summed E-state index contributed by atoms with van der Waals surface area (Å²) in [6, 6.07) is 13.1. The van der Waals surface area contributed by atoms with Crippen LogP contribution >= 0.6 is 11.3 Å². The van der Waals surface area contributed by atoms with Crippen LogP contribution < -0.4 is 4.74 Å². The number of hydrogen-bond acceptors (Lipinski definition) is 4. The van der Waals surface area contributed by atoms with Crippen molar-refractivity contribution in [3.8, 4) is 5.75 Å². The summed E-state index contributed by atoms with van der Waals surface area (Å²) in [6.07, 6.45) is 1.07. The van der Waals surface area contributed by atoms with Crippen LogP contribution in [0.3, 0.4) is 0 Å². The molecular weight excluding hydrogens is 344 g/mol. The van der Waals surface area contributed by atoms with Gasteiger partial charge in [0.15, 0.2) is 0 Å². The number of amides is 1. The van der Waals surface area contributed by atoms with Gasteiger partial charge in [-0.3, -0.25) is 9.69 Å². The molecule has 1 amide bonds. The Hall–Kier alpha value is -1.85. The summed E-state index contributed by atoms with van der Waals surface area (Å²) in [5.41, 5.74) is 1.29. The van der Waals surface area contributed by atoms with E-state index in [1.807, 2.05) is 17.4 Å². The Balaban J connectivity index is 1.58. The molecule has 0 N–H and O–H groups in total. The number of carbonyl (C=O) groups excluding carboxylic acids is 1. The Morgan fingerprint density at radius 2 is 2.15 bits per heavy atom. The van der Waals surface area contributed by atoms with Gasteiger partial charge in [-0.1, -0.05) is 18.2 Å². The standard InChI is InChI=1S/C21H26N2O2S/c1-15(24)23-14-19(16-5-3-6-17(11-16)25-2)20-13-22(9-8-21(20)23)12-18-7-4-10-26-18/h3-7,10-11,19-21H,8-9,12-14H2,1-2H3/t19-,20-,21-/m1/s1. The van der Waals surface area contributed by atoms with Gasteiger partial charge in [-0.25, -0.2) is 0 Å². The number of ether oxygens (including phenoxy) is 1. The molecule has 0 bridgehead atoms. The Labute approximate surface area is 159 Å². The van der Waals surface area contributed by atoms with Gasteiger partial charge in [-0.2, -0.15) is 0 Å². The first-order valence-corrected chi connectivity index (χ1v) is 10.2. The van der Waals surface area contributed by atoms with Gasteiger partial charge in [-0.05, 0) is 35.6 Å². The highest BCUT2D eigenvalue weighted by Gasteiger charge is 2.46. The maximum atomic E-state index is 12.2. The van der Waals surface area contributed by atoms with Crippen LogP contribution in [-0.2, 0) is 11.3 Å². The van der Waals surface area contributed by atoms with Crippen molar-refractivity contribution in [3.05, 3.63) is 52.2 Å². The van der Waals surface area contributed by atoms with E-state index in [0.717, 1.165) is 38.3 Å². The molecule has 4 rings (SSSR count). The first kappa shape index (κ1) is 17.6. The van der Waals surface area contributed by atoms with Gasteiger partial charge in [0.25, 0.3) is 0 Å². The molecule has 0 unspecified atom stereocenters. The van der Waals surface area contributed by atoms with Gasteiger partial charge >= 0.3 is 0 Å². The van der Waals surface area contributed by atoms with Crippen LogP contribution in [0, 0.1) is 5.92 Å². The smallest absolute Gasteiger partial charge is 0.219 e. The molecule has 1 aromatic carbocycles. The van der Waals surface area contributed by atoms with Crippen LogP contribution in [0.4, 0.5) is 0 Å². The lowest BCUT2D eigenvalue weighted by molar-refractivity contribution is -0.130. The van der Waals surface area contributed by atoms with Crippen molar-refractivity contribution in [3.63, 3.8) is 0 Å². The zero-order valence-corrected chi connectivity index (χ0v) is 16.2. The van der Waals surface area contributed by atoms with Crippen molar-refractivity contribution in [1.82, 2.24) is 9.80 Å². The molecule has 1 aromatic heterocycles. The number of carbonyl (C=O) groups is 1. The van der Waals surface area contributed by atoms with Gasteiger partial charge in [0.2, 0.25) is 5.91 Å². The van der Waals surface area contributed by atoms with Crippen LogP contribution in [0.1, 0.15) is 29.7 Å². The largest absolute Gasteiger partial charge is 0.497 e. The Morgan fingerprint density at radius 3 is 2.88 bits per heavy atom. The summed E-state index contributed by atoms with van der Waals surface area (Å²) in [7, 11) is 1.71. The second kappa shape index (κ2) is 7.41. The predicted molar refractivity (Wildman–Crippen MR) is 105 cm³/mol. The second-order valence-electron chi connectivity index (χ2n) is 7.39. The number of rotatable bonds is 4. The molecule has 2 fully saturated rings. The maximum Gasteiger partial charge on any atom is 0.219 e. The number of fused-ring (bicyclic) bond motifs is 1. The fourth-order valence-electron chi connectivity index (χ4n) is 4.66. The normalized spacial score (nSPS) is 25.9. The van der Waals surface area contributed by atoms with Gasteiger partial charge in [0, 0.05) is 55.9 Å². The van der Waals surface area contributed by atoms with Gasteiger partial charge < -0.3 is 9.64 Å². The Morgan fingerprint density at radius 1 is 1.27 bits per heavy atom. The highest BCUT2D eigenvalue weighted by Crippen LogP contribution is 2.42. The molecule has 0 saturated carbocycles. The minimum Gasteiger partial charge on any atom is -0.497 e. The van der Waals surface area contributed by atoms with Crippen molar-refractivity contribution in [1.29, 1.82) is 0 Å². The van der Waals surface area contributed by atoms with E-state index in [2.05, 4.69) is 45.5 Å². The molecule has 2 aromatic rings. The summed E-state index contributed by atoms with van der Waals surface area (Å²) >= 11 is 1.83. The summed E-state index contributed by atoms with van der Waals surface area (Å²) in [5.74, 6) is 1.97. The van der Waals surface area contributed by atoms with E-state index in [1.54, 1.807) is 14.0 Å². The van der Waals surface area contributed by atoms with E-state index in [1.165, 1.54) is 10.4 Å². The Bertz CT molecular complexity index is 761. The lowest BCUT2D eigenvalue weighted by Gasteiger charge is -2.38. The fourth-order valence-corrected chi connectivity index (χ4v) is 5.40. The maximum absolute atomic E-state index is 12.2. The molecule has 2 saturated heterocycles. The third-order valence-corrected chi connectivity index (χ3v) is 6.76. The van der Waals surface area contributed by atoms with Crippen molar-refractivity contribution < 1.29 is 9.53 Å². The van der Waals surface area contributed by atoms with Crippen molar-refractivity contribution >= 4 is 17.2 Å². The summed E-state index contributed by atoms with van der Waals surface area (Å²) in [5, 5.41) is 2.15. The molecule has 5 heteroatoms. The molecule has 2 aliphatic heterocycles. The topological polar surface area (TPSA) is 32.8 Å². The van der Waals surface area contributed by atoms with Crippen LogP contribution in [-0.4, -0.2) is 48.5 Å². The first-order chi connectivity index (χ1) is 12.7. The molecular formula is C21H26N2O2S. The molecule has 3 atom stereocenters. The summed E-state index contributed by atoms with van der Waals surface area (Å²) in [6.45, 7) is 5.67. The van der Waals surface area contributed by atoms with Crippen LogP contribution in [0.15, 0.2) is 41.8 Å². The summed E-state index contributed by atoms with van der Waals surface area (Å²) < 4.78 is 5.43. The number of thiophene rings is 1. The van der Waals surface area contributed by atoms with Crippen molar-refractivity contribution in [2.24, 2.45) is 5.92 Å². The number of hydrogen-bond donors (Lipinski definition) is 0. The second-order valence-corrected chi connectivity index (χ2v) is 8.42. The highest BCUT2D eigenvalue weighted by atomic mass is 32.1. The molecule has 2 aliphatic rings. The van der Waals surface area contributed by atoms with E-state index < -0.39 is 0 Å². The van der Waals surface area contributed by atoms with Crippen LogP contribution in [0.5, 0.6) is 5.75 Å². The van der Waals surface area contributed by atoms with Crippen LogP contribution in [0.2, 0.25) is 0 Å². The minimum absolute atomic E-state index is 0.206. The molecule has 138 valence electrons. The zero-order valence-electron chi connectivity index (χ0n) is 15.4. The average molecular weight is 371 g/mol. The van der Waals surface area contributed by atoms with Crippen molar-refractivity contribution in [2.45, 2.75) is 31.8 Å². The molecule has 26 heavy (non-hydrogen) atoms. The number of methoxy groups -OCH3 is 1. The van der Waals surface area contributed by atoms with Gasteiger partial charge in [0.1, 0.15) is 5.75 Å². The van der Waals surface area contributed by atoms with Gasteiger partial charge in [-0.15, -0.1) is 11.3 Å². The monoisotopic (exact) mass is 370 g/mol. The summed E-state index contributed by atoms with van der Waals surface area (Å²) in [4.78, 5) is 18.3. The lowest BCUT2D eigenvalue weighted by Crippen LogP contribution is -2.47. The van der Waals surface area contributed by atoms with E-state index in [9.17, 15) is 4.79 Å². The molecule has 0 radical (unpaired) electrons. The molecule has 0 spiro atoms. The fraction of sp³-hybridized carbons (Fsp3) is 0.476. The third-order valence-electron chi connectivity index (χ3n) is 5.90. The first-order valence-electron chi connectivity index (χ1n) is 9.31. The van der Waals surface area contributed by atoms with E-state index >= 15 is 0 Å². The van der Waals surface area contributed by atoms with Crippen LogP contribution in [0.25, 0.3) is 0 Å². The zero-order chi connectivity index (χ0) is 18.1. The van der Waals surface area contributed by atoms with Crippen molar-refractivity contribution in [2.75, 3.05) is 26.7 Å². The number of benzene rings is 1. The number of nitrogens with zero attached hydrogens (tertiary/aromatic N) is 2. The predicted octanol–water partition coefficient (Wildman–Crippen LogP) is 3.59. The van der Waals surface area contributed by atoms with E-state index in [-0.39, 0.29) is 5.91 Å². The minimum atomic E-state index is 0.206. The quantitative estimate of drug-likeness (QED) is 0.824. The van der Waals surface area contributed by atoms with E-state index in [4.69, 9.17) is 4.74 Å². The Kier molecular flexibility index (Phi) is 5.00. The molecule has 0 aliphatic carbocycles. The lowest BCUT2D eigenvalue weighted by atomic mass is 9.81. The van der Waals surface area contributed by atoms with E-state index in [0.29, 0.717) is 17.9 Å². The molecule has 4 nitrogen and oxygen atoms in total. The average Bonchev–Trinajstić information content (AvgIpc) is 3.29. The number of piperidine rings is 1.